The number of rotatable bonds is 5. The van der Waals surface area contributed by atoms with E-state index < -0.39 is 14.6 Å². The molecular formula is C38H41P5. The topological polar surface area (TPSA) is 0 Å². The molecule has 1 fully saturated rings. The highest BCUT2D eigenvalue weighted by Crippen LogP contribution is 2.98. The summed E-state index contributed by atoms with van der Waals surface area (Å²) in [6, 6.07) is 56.0. The fourth-order valence-corrected chi connectivity index (χ4v) is 44.3. The standard InChI is InChI=1S/C38H41P5/c1-2-4-18-32-40(35-29-27-34(28-30-35)33-19-9-5-10-20-33)42(37-23-13-7-14-24-37)43(38-25-15-8-16-26-38)41(39-31-17-3-1)36-21-11-6-12-22-36/h5-16,19-30,39H,1-4,17-18,31-32H2. The molecule has 43 heavy (non-hydrogen) atoms. The van der Waals surface area contributed by atoms with Crippen molar-refractivity contribution >= 4 is 59.0 Å². The van der Waals surface area contributed by atoms with Crippen molar-refractivity contribution < 1.29 is 0 Å². The highest BCUT2D eigenvalue weighted by Gasteiger charge is 2.38. The summed E-state index contributed by atoms with van der Waals surface area (Å²) < 4.78 is 0. The Morgan fingerprint density at radius 3 is 1.44 bits per heavy atom. The third kappa shape index (κ3) is 8.30. The second-order valence-corrected chi connectivity index (χ2v) is 29.6. The lowest BCUT2D eigenvalue weighted by atomic mass is 10.1. The molecule has 1 heterocycles. The molecule has 0 spiro atoms. The Balaban J connectivity index is 1.52. The maximum atomic E-state index is 2.51. The first-order chi connectivity index (χ1) is 21.4. The van der Waals surface area contributed by atoms with Crippen LogP contribution in [0.2, 0.25) is 0 Å². The second kappa shape index (κ2) is 16.5. The fourth-order valence-electron chi connectivity index (χ4n) is 5.69. The van der Waals surface area contributed by atoms with E-state index >= 15 is 0 Å². The Bertz CT molecular complexity index is 1490. The monoisotopic (exact) mass is 652 g/mol. The Morgan fingerprint density at radius 1 is 0.372 bits per heavy atom. The average molecular weight is 653 g/mol. The zero-order valence-electron chi connectivity index (χ0n) is 24.8. The Kier molecular flexibility index (Phi) is 12.0. The molecule has 5 heteroatoms. The molecule has 5 aromatic carbocycles. The maximum Gasteiger partial charge on any atom is -0.00694 e. The minimum Gasteiger partial charge on any atom is -0.0862 e. The summed E-state index contributed by atoms with van der Waals surface area (Å²) in [5.41, 5.74) is 2.63. The van der Waals surface area contributed by atoms with Crippen LogP contribution in [0, 0.1) is 0 Å². The van der Waals surface area contributed by atoms with Crippen molar-refractivity contribution in [1.29, 1.82) is 0 Å². The lowest BCUT2D eigenvalue weighted by Crippen LogP contribution is -2.12. The van der Waals surface area contributed by atoms with Crippen LogP contribution in [0.4, 0.5) is 0 Å². The van der Waals surface area contributed by atoms with Gasteiger partial charge in [0, 0.05) is 0 Å². The molecule has 1 aliphatic rings. The van der Waals surface area contributed by atoms with E-state index in [0.29, 0.717) is 0 Å². The average Bonchev–Trinajstić information content (AvgIpc) is 3.10. The highest BCUT2D eigenvalue weighted by molar-refractivity contribution is 8.89. The molecule has 0 aromatic heterocycles. The molecule has 5 aromatic rings. The van der Waals surface area contributed by atoms with E-state index in [1.807, 2.05) is 0 Å². The summed E-state index contributed by atoms with van der Waals surface area (Å²) in [7, 11) is -0.422. The highest BCUT2D eigenvalue weighted by atomic mass is 32.8. The van der Waals surface area contributed by atoms with Crippen molar-refractivity contribution in [3.63, 3.8) is 0 Å². The fraction of sp³-hybridized carbons (Fsp3) is 0.211. The molecule has 5 atom stereocenters. The first kappa shape index (κ1) is 31.2. The van der Waals surface area contributed by atoms with Gasteiger partial charge in [-0.15, -0.1) is 0 Å². The van der Waals surface area contributed by atoms with Crippen molar-refractivity contribution in [2.75, 3.05) is 12.3 Å². The Morgan fingerprint density at radius 2 is 0.837 bits per heavy atom. The summed E-state index contributed by atoms with van der Waals surface area (Å²) in [5, 5.41) is 6.47. The summed E-state index contributed by atoms with van der Waals surface area (Å²) in [4.78, 5) is 0. The van der Waals surface area contributed by atoms with Gasteiger partial charge in [0.05, 0.1) is 0 Å². The zero-order chi connectivity index (χ0) is 29.1. The Labute approximate surface area is 265 Å². The van der Waals surface area contributed by atoms with Gasteiger partial charge in [0.25, 0.3) is 0 Å². The molecular weight excluding hydrogens is 611 g/mol. The van der Waals surface area contributed by atoms with Crippen LogP contribution in [0.1, 0.15) is 38.5 Å². The van der Waals surface area contributed by atoms with Gasteiger partial charge in [-0.25, -0.2) is 0 Å². The quantitative estimate of drug-likeness (QED) is 0.166. The first-order valence-corrected chi connectivity index (χ1v) is 25.3. The number of hydrogen-bond acceptors (Lipinski definition) is 0. The zero-order valence-corrected chi connectivity index (χ0v) is 29.4. The predicted octanol–water partition coefficient (Wildman–Crippen LogP) is 11.6. The van der Waals surface area contributed by atoms with E-state index in [1.165, 1.54) is 62.0 Å². The van der Waals surface area contributed by atoms with Gasteiger partial charge in [-0.05, 0) is 87.0 Å². The van der Waals surface area contributed by atoms with Gasteiger partial charge in [0.1, 0.15) is 0 Å². The predicted molar refractivity (Wildman–Crippen MR) is 203 cm³/mol. The second-order valence-electron chi connectivity index (χ2n) is 11.0. The molecule has 0 saturated carbocycles. The summed E-state index contributed by atoms with van der Waals surface area (Å²) >= 11 is 0. The van der Waals surface area contributed by atoms with Crippen LogP contribution in [-0.2, 0) is 0 Å². The maximum absolute atomic E-state index is 2.51. The van der Waals surface area contributed by atoms with Crippen molar-refractivity contribution in [1.82, 2.24) is 0 Å². The molecule has 0 aliphatic carbocycles. The van der Waals surface area contributed by atoms with Crippen LogP contribution in [0.3, 0.4) is 0 Å². The minimum absolute atomic E-state index is 0.293. The van der Waals surface area contributed by atoms with Gasteiger partial charge in [-0.2, -0.15) is 0 Å². The summed E-state index contributed by atoms with van der Waals surface area (Å²) in [6.45, 7) is 0. The normalized spacial score (nSPS) is 22.6. The molecule has 0 amide bonds. The molecule has 0 N–H and O–H groups in total. The van der Waals surface area contributed by atoms with Crippen LogP contribution in [0.5, 0.6) is 0 Å². The largest absolute Gasteiger partial charge is 0.0862 e. The minimum atomic E-state index is -0.409. The van der Waals surface area contributed by atoms with Crippen LogP contribution in [0.25, 0.3) is 11.1 Å². The first-order valence-electron chi connectivity index (χ1n) is 15.6. The molecule has 0 radical (unpaired) electrons. The van der Waals surface area contributed by atoms with E-state index in [0.717, 1.165) is 8.27 Å². The molecule has 6 rings (SSSR count). The van der Waals surface area contributed by atoms with Crippen LogP contribution in [0.15, 0.2) is 146 Å². The van der Waals surface area contributed by atoms with Crippen LogP contribution in [-0.4, -0.2) is 12.3 Å². The molecule has 1 aliphatic heterocycles. The SMILES string of the molecule is c1ccc(-c2ccc(P3CCCCCCCCPP(c4ccccc4)P(c4ccccc4)P3c3ccccc3)cc2)cc1. The van der Waals surface area contributed by atoms with E-state index in [4.69, 9.17) is 0 Å². The summed E-state index contributed by atoms with van der Waals surface area (Å²) in [5.74, 6) is 0. The van der Waals surface area contributed by atoms with Gasteiger partial charge in [0.15, 0.2) is 0 Å². The lowest BCUT2D eigenvalue weighted by Gasteiger charge is -2.40. The van der Waals surface area contributed by atoms with Crippen molar-refractivity contribution in [3.8, 4) is 11.1 Å². The van der Waals surface area contributed by atoms with Crippen molar-refractivity contribution in [2.45, 2.75) is 38.5 Å². The van der Waals surface area contributed by atoms with E-state index in [2.05, 4.69) is 146 Å². The van der Waals surface area contributed by atoms with Crippen molar-refractivity contribution in [2.24, 2.45) is 0 Å². The van der Waals surface area contributed by atoms with Crippen LogP contribution >= 0.6 is 37.8 Å². The number of hydrogen-bond donors (Lipinski definition) is 0. The Hall–Kier alpha value is -1.75. The van der Waals surface area contributed by atoms with Gasteiger partial charge in [-0.3, -0.25) is 0 Å². The van der Waals surface area contributed by atoms with Gasteiger partial charge >= 0.3 is 0 Å². The van der Waals surface area contributed by atoms with Crippen molar-refractivity contribution in [3.05, 3.63) is 146 Å². The number of benzene rings is 5. The third-order valence-corrected chi connectivity index (χ3v) is 37.2. The van der Waals surface area contributed by atoms with Crippen LogP contribution < -0.4 is 21.2 Å². The van der Waals surface area contributed by atoms with Gasteiger partial charge < -0.3 is 0 Å². The van der Waals surface area contributed by atoms with Gasteiger partial charge in [-0.1, -0.05) is 180 Å². The summed E-state index contributed by atoms with van der Waals surface area (Å²) in [6.07, 6.45) is 11.0. The molecule has 0 bridgehead atoms. The smallest absolute Gasteiger partial charge is 0.00694 e. The third-order valence-electron chi connectivity index (χ3n) is 7.90. The van der Waals surface area contributed by atoms with E-state index in [-0.39, 0.29) is 14.9 Å². The molecule has 5 unspecified atom stereocenters. The van der Waals surface area contributed by atoms with Gasteiger partial charge in [0.2, 0.25) is 0 Å². The van der Waals surface area contributed by atoms with E-state index in [9.17, 15) is 0 Å². The van der Waals surface area contributed by atoms with E-state index in [1.54, 1.807) is 21.2 Å². The lowest BCUT2D eigenvalue weighted by molar-refractivity contribution is 0.629. The molecule has 218 valence electrons. The molecule has 0 nitrogen and oxygen atoms in total. The molecule has 1 saturated heterocycles.